The summed E-state index contributed by atoms with van der Waals surface area (Å²) in [6.45, 7) is 7.86. The number of nitrogens with one attached hydrogen (secondary N) is 1. The van der Waals surface area contributed by atoms with E-state index in [4.69, 9.17) is 0 Å². The van der Waals surface area contributed by atoms with Crippen LogP contribution in [0, 0.1) is 5.92 Å². The number of para-hydroxylation sites is 1. The average Bonchev–Trinajstić information content (AvgIpc) is 2.53. The van der Waals surface area contributed by atoms with E-state index in [2.05, 4.69) is 48.3 Å². The second-order valence-electron chi connectivity index (χ2n) is 5.69. The van der Waals surface area contributed by atoms with Crippen molar-refractivity contribution >= 4 is 5.69 Å². The molecule has 2 N–H and O–H groups in total. The van der Waals surface area contributed by atoms with E-state index in [0.717, 1.165) is 38.9 Å². The van der Waals surface area contributed by atoms with Gasteiger partial charge in [-0.15, -0.1) is 0 Å². The zero-order valence-electron chi connectivity index (χ0n) is 12.8. The van der Waals surface area contributed by atoms with Crippen molar-refractivity contribution in [2.75, 3.05) is 31.1 Å². The van der Waals surface area contributed by atoms with Gasteiger partial charge in [0.2, 0.25) is 0 Å². The van der Waals surface area contributed by atoms with Crippen LogP contribution in [0.3, 0.4) is 0 Å². The van der Waals surface area contributed by atoms with Gasteiger partial charge in [-0.1, -0.05) is 32.0 Å². The summed E-state index contributed by atoms with van der Waals surface area (Å²) in [4.78, 5) is 2.49. The molecule has 2 rings (SSSR count). The molecule has 1 atom stereocenters. The highest BCUT2D eigenvalue weighted by Crippen LogP contribution is 2.31. The van der Waals surface area contributed by atoms with Gasteiger partial charge in [0, 0.05) is 31.4 Å². The van der Waals surface area contributed by atoms with Gasteiger partial charge < -0.3 is 15.3 Å². The summed E-state index contributed by atoms with van der Waals surface area (Å²) in [6, 6.07) is 9.21. The Bertz CT molecular complexity index is 400. The zero-order chi connectivity index (χ0) is 14.4. The first-order valence-corrected chi connectivity index (χ1v) is 7.98. The molecule has 1 fully saturated rings. The van der Waals surface area contributed by atoms with E-state index in [-0.39, 0.29) is 0 Å². The van der Waals surface area contributed by atoms with Gasteiger partial charge in [-0.2, -0.15) is 0 Å². The van der Waals surface area contributed by atoms with Crippen molar-refractivity contribution in [1.29, 1.82) is 0 Å². The standard InChI is InChI=1S/C17H28N2O/c1-3-16(18-4-2)15-7-5-6-8-17(15)19-11-9-14(13-20)10-12-19/h5-8,14,16,18,20H,3-4,9-13H2,1-2H3. The Morgan fingerprint density at radius 2 is 1.95 bits per heavy atom. The van der Waals surface area contributed by atoms with E-state index in [9.17, 15) is 5.11 Å². The van der Waals surface area contributed by atoms with Crippen LogP contribution in [0.25, 0.3) is 0 Å². The maximum absolute atomic E-state index is 9.27. The van der Waals surface area contributed by atoms with Crippen molar-refractivity contribution in [3.63, 3.8) is 0 Å². The van der Waals surface area contributed by atoms with Crippen LogP contribution in [-0.2, 0) is 0 Å². The van der Waals surface area contributed by atoms with Crippen molar-refractivity contribution in [2.24, 2.45) is 5.92 Å². The molecule has 0 spiro atoms. The summed E-state index contributed by atoms with van der Waals surface area (Å²) in [5.41, 5.74) is 2.79. The van der Waals surface area contributed by atoms with Crippen LogP contribution in [0.1, 0.15) is 44.7 Å². The lowest BCUT2D eigenvalue weighted by atomic mass is 9.95. The Hall–Kier alpha value is -1.06. The third-order valence-electron chi connectivity index (χ3n) is 4.38. The second-order valence-corrected chi connectivity index (χ2v) is 5.69. The number of hydrogen-bond donors (Lipinski definition) is 2. The Balaban J connectivity index is 2.15. The lowest BCUT2D eigenvalue weighted by molar-refractivity contribution is 0.203. The highest BCUT2D eigenvalue weighted by atomic mass is 16.3. The van der Waals surface area contributed by atoms with Gasteiger partial charge in [0.05, 0.1) is 0 Å². The Morgan fingerprint density at radius 1 is 1.25 bits per heavy atom. The van der Waals surface area contributed by atoms with Gasteiger partial charge in [-0.05, 0) is 43.4 Å². The Labute approximate surface area is 123 Å². The summed E-state index contributed by atoms with van der Waals surface area (Å²) in [6.07, 6.45) is 3.31. The number of nitrogens with zero attached hydrogens (tertiary/aromatic N) is 1. The lowest BCUT2D eigenvalue weighted by Crippen LogP contribution is -2.36. The normalized spacial score (nSPS) is 18.2. The fourth-order valence-corrected chi connectivity index (χ4v) is 3.15. The van der Waals surface area contributed by atoms with Gasteiger partial charge in [0.15, 0.2) is 0 Å². The number of aliphatic hydroxyl groups excluding tert-OH is 1. The van der Waals surface area contributed by atoms with Crippen molar-refractivity contribution < 1.29 is 5.11 Å². The SMILES string of the molecule is CCNC(CC)c1ccccc1N1CCC(CO)CC1. The molecule has 1 aromatic rings. The van der Waals surface area contributed by atoms with Crippen LogP contribution in [0.5, 0.6) is 0 Å². The molecule has 3 nitrogen and oxygen atoms in total. The number of hydrogen-bond acceptors (Lipinski definition) is 3. The number of benzene rings is 1. The molecule has 1 aliphatic heterocycles. The number of anilines is 1. The minimum atomic E-state index is 0.338. The first kappa shape index (κ1) is 15.3. The summed E-state index contributed by atoms with van der Waals surface area (Å²) in [7, 11) is 0. The minimum Gasteiger partial charge on any atom is -0.396 e. The molecule has 0 amide bonds. The van der Waals surface area contributed by atoms with Gasteiger partial charge in [0.25, 0.3) is 0 Å². The molecule has 0 bridgehead atoms. The molecule has 1 heterocycles. The molecule has 3 heteroatoms. The number of piperidine rings is 1. The number of rotatable bonds is 6. The monoisotopic (exact) mass is 276 g/mol. The molecule has 20 heavy (non-hydrogen) atoms. The van der Waals surface area contributed by atoms with Gasteiger partial charge >= 0.3 is 0 Å². The molecule has 1 saturated heterocycles. The number of aliphatic hydroxyl groups is 1. The van der Waals surface area contributed by atoms with E-state index < -0.39 is 0 Å². The van der Waals surface area contributed by atoms with Crippen LogP contribution in [-0.4, -0.2) is 31.3 Å². The van der Waals surface area contributed by atoms with E-state index >= 15 is 0 Å². The second kappa shape index (κ2) is 7.65. The molecule has 1 aliphatic rings. The first-order chi connectivity index (χ1) is 9.80. The van der Waals surface area contributed by atoms with Crippen LogP contribution in [0.4, 0.5) is 5.69 Å². The molecule has 0 aromatic heterocycles. The molecular formula is C17H28N2O. The quantitative estimate of drug-likeness (QED) is 0.838. The molecule has 0 saturated carbocycles. The van der Waals surface area contributed by atoms with Crippen molar-refractivity contribution in [2.45, 2.75) is 39.2 Å². The topological polar surface area (TPSA) is 35.5 Å². The molecule has 112 valence electrons. The van der Waals surface area contributed by atoms with Crippen molar-refractivity contribution in [3.8, 4) is 0 Å². The summed E-state index contributed by atoms with van der Waals surface area (Å²) < 4.78 is 0. The predicted molar refractivity (Wildman–Crippen MR) is 85.2 cm³/mol. The van der Waals surface area contributed by atoms with E-state index in [1.165, 1.54) is 11.3 Å². The Kier molecular flexibility index (Phi) is 5.86. The minimum absolute atomic E-state index is 0.338. The first-order valence-electron chi connectivity index (χ1n) is 7.98. The summed E-state index contributed by atoms with van der Waals surface area (Å²) in [5.74, 6) is 0.495. The van der Waals surface area contributed by atoms with Crippen molar-refractivity contribution in [3.05, 3.63) is 29.8 Å². The molecule has 0 aliphatic carbocycles. The smallest absolute Gasteiger partial charge is 0.0460 e. The predicted octanol–water partition coefficient (Wildman–Crippen LogP) is 2.96. The van der Waals surface area contributed by atoms with E-state index in [1.54, 1.807) is 0 Å². The van der Waals surface area contributed by atoms with Gasteiger partial charge in [0.1, 0.15) is 0 Å². The largest absolute Gasteiger partial charge is 0.396 e. The highest BCUT2D eigenvalue weighted by Gasteiger charge is 2.22. The van der Waals surface area contributed by atoms with Gasteiger partial charge in [-0.3, -0.25) is 0 Å². The Morgan fingerprint density at radius 3 is 2.55 bits per heavy atom. The van der Waals surface area contributed by atoms with Crippen LogP contribution >= 0.6 is 0 Å². The summed E-state index contributed by atoms with van der Waals surface area (Å²) >= 11 is 0. The van der Waals surface area contributed by atoms with Crippen LogP contribution in [0.2, 0.25) is 0 Å². The van der Waals surface area contributed by atoms with E-state index in [0.29, 0.717) is 18.6 Å². The van der Waals surface area contributed by atoms with Gasteiger partial charge in [-0.25, -0.2) is 0 Å². The average molecular weight is 276 g/mol. The van der Waals surface area contributed by atoms with Crippen molar-refractivity contribution in [1.82, 2.24) is 5.32 Å². The fraction of sp³-hybridized carbons (Fsp3) is 0.647. The maximum atomic E-state index is 9.27. The lowest BCUT2D eigenvalue weighted by Gasteiger charge is -2.35. The maximum Gasteiger partial charge on any atom is 0.0460 e. The van der Waals surface area contributed by atoms with Crippen LogP contribution < -0.4 is 10.2 Å². The highest BCUT2D eigenvalue weighted by molar-refractivity contribution is 5.55. The fourth-order valence-electron chi connectivity index (χ4n) is 3.15. The molecular weight excluding hydrogens is 248 g/mol. The molecule has 0 radical (unpaired) electrons. The zero-order valence-corrected chi connectivity index (χ0v) is 12.8. The van der Waals surface area contributed by atoms with Crippen LogP contribution in [0.15, 0.2) is 24.3 Å². The summed E-state index contributed by atoms with van der Waals surface area (Å²) in [5, 5.41) is 12.9. The molecule has 1 aromatic carbocycles. The van der Waals surface area contributed by atoms with E-state index in [1.807, 2.05) is 0 Å². The third-order valence-corrected chi connectivity index (χ3v) is 4.38. The third kappa shape index (κ3) is 3.53. The molecule has 1 unspecified atom stereocenters.